The van der Waals surface area contributed by atoms with Crippen molar-refractivity contribution in [3.05, 3.63) is 66.0 Å². The molecule has 3 aromatic rings. The van der Waals surface area contributed by atoms with Gasteiger partial charge in [0.05, 0.1) is 17.0 Å². The maximum absolute atomic E-state index is 12.4. The molecule has 1 unspecified atom stereocenters. The molecule has 0 spiro atoms. The van der Waals surface area contributed by atoms with Crippen LogP contribution in [0.4, 0.5) is 0 Å². The number of hydrogen-bond donors (Lipinski definition) is 2. The molecule has 1 aromatic heterocycles. The first kappa shape index (κ1) is 15.3. The maximum atomic E-state index is 12.4. The van der Waals surface area contributed by atoms with Crippen molar-refractivity contribution in [3.8, 4) is 0 Å². The molecule has 118 valence electrons. The predicted octanol–water partition coefficient (Wildman–Crippen LogP) is 3.42. The number of aromatic nitrogens is 2. The Morgan fingerprint density at radius 3 is 2.61 bits per heavy atom. The van der Waals surface area contributed by atoms with Gasteiger partial charge in [-0.25, -0.2) is 4.98 Å². The molecule has 0 saturated heterocycles. The lowest BCUT2D eigenvalue weighted by Crippen LogP contribution is -2.31. The van der Waals surface area contributed by atoms with Gasteiger partial charge in [0, 0.05) is 13.0 Å². The van der Waals surface area contributed by atoms with Gasteiger partial charge in [-0.3, -0.25) is 4.79 Å². The van der Waals surface area contributed by atoms with Gasteiger partial charge in [-0.15, -0.1) is 0 Å². The number of aromatic amines is 1. The van der Waals surface area contributed by atoms with Crippen molar-refractivity contribution >= 4 is 16.9 Å². The van der Waals surface area contributed by atoms with Crippen molar-refractivity contribution < 1.29 is 4.79 Å². The molecule has 2 aromatic carbocycles. The standard InChI is InChI=1S/C19H21N3O/c1-2-15(14-8-4-3-5-9-14)19(23)20-13-12-18-21-16-10-6-7-11-17(16)22-18/h3-11,15H,2,12-13H2,1H3,(H,20,23)(H,21,22). The van der Waals surface area contributed by atoms with Crippen molar-refractivity contribution in [1.29, 1.82) is 0 Å². The zero-order valence-corrected chi connectivity index (χ0v) is 13.3. The molecule has 0 aliphatic rings. The SMILES string of the molecule is CCC(C(=O)NCCc1nc2ccccc2[nH]1)c1ccccc1. The van der Waals surface area contributed by atoms with Crippen LogP contribution in [0.5, 0.6) is 0 Å². The minimum absolute atomic E-state index is 0.0785. The number of benzene rings is 2. The quantitative estimate of drug-likeness (QED) is 0.733. The van der Waals surface area contributed by atoms with Gasteiger partial charge in [0.25, 0.3) is 0 Å². The van der Waals surface area contributed by atoms with Crippen LogP contribution in [0, 0.1) is 0 Å². The van der Waals surface area contributed by atoms with Gasteiger partial charge >= 0.3 is 0 Å². The van der Waals surface area contributed by atoms with Crippen molar-refractivity contribution in [2.75, 3.05) is 6.54 Å². The van der Waals surface area contributed by atoms with Crippen LogP contribution in [-0.4, -0.2) is 22.4 Å². The summed E-state index contributed by atoms with van der Waals surface area (Å²) in [4.78, 5) is 20.2. The number of nitrogens with one attached hydrogen (secondary N) is 2. The number of fused-ring (bicyclic) bond motifs is 1. The van der Waals surface area contributed by atoms with E-state index in [0.717, 1.165) is 28.8 Å². The molecule has 0 aliphatic carbocycles. The Balaban J connectivity index is 1.58. The van der Waals surface area contributed by atoms with E-state index in [0.29, 0.717) is 13.0 Å². The molecule has 4 heteroatoms. The molecule has 0 fully saturated rings. The molecule has 4 nitrogen and oxygen atoms in total. The summed E-state index contributed by atoms with van der Waals surface area (Å²) in [6, 6.07) is 17.9. The second-order valence-corrected chi connectivity index (χ2v) is 5.61. The summed E-state index contributed by atoms with van der Waals surface area (Å²) in [6.45, 7) is 2.62. The number of rotatable bonds is 6. The number of H-pyrrole nitrogens is 1. The Bertz CT molecular complexity index is 746. The van der Waals surface area contributed by atoms with Crippen molar-refractivity contribution in [3.63, 3.8) is 0 Å². The Labute approximate surface area is 136 Å². The Morgan fingerprint density at radius 2 is 1.87 bits per heavy atom. The fourth-order valence-electron chi connectivity index (χ4n) is 2.81. The van der Waals surface area contributed by atoms with Crippen LogP contribution in [-0.2, 0) is 11.2 Å². The predicted molar refractivity (Wildman–Crippen MR) is 92.3 cm³/mol. The molecule has 2 N–H and O–H groups in total. The highest BCUT2D eigenvalue weighted by Crippen LogP contribution is 2.19. The van der Waals surface area contributed by atoms with Crippen LogP contribution >= 0.6 is 0 Å². The van der Waals surface area contributed by atoms with Crippen molar-refractivity contribution in [2.45, 2.75) is 25.7 Å². The van der Waals surface area contributed by atoms with Gasteiger partial charge in [0.2, 0.25) is 5.91 Å². The van der Waals surface area contributed by atoms with Crippen LogP contribution in [0.3, 0.4) is 0 Å². The molecular weight excluding hydrogens is 286 g/mol. The van der Waals surface area contributed by atoms with Gasteiger partial charge in [-0.1, -0.05) is 49.4 Å². The van der Waals surface area contributed by atoms with Gasteiger partial charge in [0.15, 0.2) is 0 Å². The summed E-state index contributed by atoms with van der Waals surface area (Å²) in [5.74, 6) is 0.890. The molecule has 0 radical (unpaired) electrons. The highest BCUT2D eigenvalue weighted by Gasteiger charge is 2.17. The lowest BCUT2D eigenvalue weighted by molar-refractivity contribution is -0.122. The lowest BCUT2D eigenvalue weighted by Gasteiger charge is -2.15. The van der Waals surface area contributed by atoms with Gasteiger partial charge in [-0.05, 0) is 24.1 Å². The summed E-state index contributed by atoms with van der Waals surface area (Å²) >= 11 is 0. The van der Waals surface area contributed by atoms with E-state index in [1.807, 2.05) is 61.5 Å². The van der Waals surface area contributed by atoms with E-state index in [1.165, 1.54) is 0 Å². The van der Waals surface area contributed by atoms with E-state index >= 15 is 0 Å². The zero-order valence-electron chi connectivity index (χ0n) is 13.3. The molecular formula is C19H21N3O. The summed E-state index contributed by atoms with van der Waals surface area (Å²) in [7, 11) is 0. The smallest absolute Gasteiger partial charge is 0.227 e. The van der Waals surface area contributed by atoms with Crippen LogP contribution < -0.4 is 5.32 Å². The van der Waals surface area contributed by atoms with Crippen molar-refractivity contribution in [1.82, 2.24) is 15.3 Å². The number of nitrogens with zero attached hydrogens (tertiary/aromatic N) is 1. The first-order valence-corrected chi connectivity index (χ1v) is 8.04. The summed E-state index contributed by atoms with van der Waals surface area (Å²) < 4.78 is 0. The minimum atomic E-state index is -0.0909. The molecule has 1 amide bonds. The van der Waals surface area contributed by atoms with Gasteiger partial charge in [-0.2, -0.15) is 0 Å². The lowest BCUT2D eigenvalue weighted by atomic mass is 9.96. The topological polar surface area (TPSA) is 57.8 Å². The molecule has 23 heavy (non-hydrogen) atoms. The zero-order chi connectivity index (χ0) is 16.1. The van der Waals surface area contributed by atoms with E-state index in [9.17, 15) is 4.79 Å². The highest BCUT2D eigenvalue weighted by molar-refractivity contribution is 5.83. The normalized spacial score (nSPS) is 12.2. The number of carbonyl (C=O) groups is 1. The van der Waals surface area contributed by atoms with Crippen LogP contribution in [0.15, 0.2) is 54.6 Å². The highest BCUT2D eigenvalue weighted by atomic mass is 16.1. The monoisotopic (exact) mass is 307 g/mol. The Kier molecular flexibility index (Phi) is 4.71. The Hall–Kier alpha value is -2.62. The minimum Gasteiger partial charge on any atom is -0.355 e. The van der Waals surface area contributed by atoms with Gasteiger partial charge < -0.3 is 10.3 Å². The second-order valence-electron chi connectivity index (χ2n) is 5.61. The van der Waals surface area contributed by atoms with Crippen LogP contribution in [0.1, 0.15) is 30.7 Å². The largest absolute Gasteiger partial charge is 0.355 e. The molecule has 0 saturated carbocycles. The first-order chi connectivity index (χ1) is 11.3. The number of para-hydroxylation sites is 2. The van der Waals surface area contributed by atoms with Crippen molar-refractivity contribution in [2.24, 2.45) is 0 Å². The van der Waals surface area contributed by atoms with E-state index < -0.39 is 0 Å². The second kappa shape index (κ2) is 7.09. The molecule has 1 atom stereocenters. The van der Waals surface area contributed by atoms with Crippen LogP contribution in [0.2, 0.25) is 0 Å². The van der Waals surface area contributed by atoms with Crippen LogP contribution in [0.25, 0.3) is 11.0 Å². The summed E-state index contributed by atoms with van der Waals surface area (Å²) in [5, 5.41) is 3.03. The molecule has 1 heterocycles. The Morgan fingerprint density at radius 1 is 1.13 bits per heavy atom. The van der Waals surface area contributed by atoms with E-state index in [-0.39, 0.29) is 11.8 Å². The average Bonchev–Trinajstić information content (AvgIpc) is 2.99. The maximum Gasteiger partial charge on any atom is 0.227 e. The molecule has 0 aliphatic heterocycles. The van der Waals surface area contributed by atoms with E-state index in [2.05, 4.69) is 15.3 Å². The molecule has 3 rings (SSSR count). The number of hydrogen-bond acceptors (Lipinski definition) is 2. The first-order valence-electron chi connectivity index (χ1n) is 8.04. The fraction of sp³-hybridized carbons (Fsp3) is 0.263. The summed E-state index contributed by atoms with van der Waals surface area (Å²) in [6.07, 6.45) is 1.49. The number of amides is 1. The molecule has 0 bridgehead atoms. The number of imidazole rings is 1. The third-order valence-electron chi connectivity index (χ3n) is 4.03. The third-order valence-corrected chi connectivity index (χ3v) is 4.03. The summed E-state index contributed by atoms with van der Waals surface area (Å²) in [5.41, 5.74) is 3.06. The fourth-order valence-corrected chi connectivity index (χ4v) is 2.81. The number of carbonyl (C=O) groups excluding carboxylic acids is 1. The average molecular weight is 307 g/mol. The van der Waals surface area contributed by atoms with E-state index in [4.69, 9.17) is 0 Å². The van der Waals surface area contributed by atoms with Gasteiger partial charge in [0.1, 0.15) is 5.82 Å². The third kappa shape index (κ3) is 3.59. The van der Waals surface area contributed by atoms with E-state index in [1.54, 1.807) is 0 Å².